The molecule has 110 valence electrons. The molecule has 0 radical (unpaired) electrons. The predicted octanol–water partition coefficient (Wildman–Crippen LogP) is 2.17. The molecule has 5 heteroatoms. The van der Waals surface area contributed by atoms with Crippen LogP contribution in [0.15, 0.2) is 18.2 Å². The maximum Gasteiger partial charge on any atom is 0.176 e. The van der Waals surface area contributed by atoms with Crippen molar-refractivity contribution in [3.05, 3.63) is 28.8 Å². The van der Waals surface area contributed by atoms with Gasteiger partial charge in [0.05, 0.1) is 18.7 Å². The number of hydrogen-bond donors (Lipinski definition) is 0. The monoisotopic (exact) mass is 296 g/mol. The number of rotatable bonds is 4. The lowest BCUT2D eigenvalue weighted by Crippen LogP contribution is -2.51. The second kappa shape index (κ2) is 6.57. The van der Waals surface area contributed by atoms with Crippen molar-refractivity contribution in [2.24, 2.45) is 0 Å². The molecule has 2 rings (SSSR count). The Morgan fingerprint density at radius 3 is 2.80 bits per heavy atom. The van der Waals surface area contributed by atoms with E-state index >= 15 is 0 Å². The first-order chi connectivity index (χ1) is 9.51. The zero-order valence-corrected chi connectivity index (χ0v) is 13.0. The summed E-state index contributed by atoms with van der Waals surface area (Å²) in [6, 6.07) is 5.67. The van der Waals surface area contributed by atoms with Gasteiger partial charge in [0.25, 0.3) is 0 Å². The summed E-state index contributed by atoms with van der Waals surface area (Å²) >= 11 is 6.06. The van der Waals surface area contributed by atoms with Crippen LogP contribution >= 0.6 is 11.6 Å². The van der Waals surface area contributed by atoms with Crippen LogP contribution in [-0.2, 0) is 0 Å². The van der Waals surface area contributed by atoms with Crippen LogP contribution in [0.4, 0.5) is 0 Å². The first-order valence-corrected chi connectivity index (χ1v) is 7.18. The number of piperazine rings is 1. The van der Waals surface area contributed by atoms with E-state index in [1.54, 1.807) is 25.3 Å². The number of methoxy groups -OCH3 is 1. The summed E-state index contributed by atoms with van der Waals surface area (Å²) in [7, 11) is 3.68. The molecular weight excluding hydrogens is 276 g/mol. The highest BCUT2D eigenvalue weighted by Gasteiger charge is 2.22. The van der Waals surface area contributed by atoms with Gasteiger partial charge in [-0.2, -0.15) is 0 Å². The van der Waals surface area contributed by atoms with Gasteiger partial charge in [0, 0.05) is 31.2 Å². The van der Waals surface area contributed by atoms with Crippen molar-refractivity contribution < 1.29 is 9.53 Å². The van der Waals surface area contributed by atoms with Crippen molar-refractivity contribution in [1.82, 2.24) is 9.80 Å². The molecule has 1 aliphatic heterocycles. The van der Waals surface area contributed by atoms with Crippen molar-refractivity contribution in [3.8, 4) is 5.75 Å². The molecule has 1 aliphatic rings. The molecule has 0 N–H and O–H groups in total. The summed E-state index contributed by atoms with van der Waals surface area (Å²) < 4.78 is 5.10. The number of carbonyl (C=O) groups is 1. The normalized spacial score (nSPS) is 20.9. The highest BCUT2D eigenvalue weighted by Crippen LogP contribution is 2.25. The minimum Gasteiger partial charge on any atom is -0.495 e. The number of likely N-dealkylation sites (N-methyl/N-ethyl adjacent to an activating group) is 1. The summed E-state index contributed by atoms with van der Waals surface area (Å²) in [6.45, 7) is 5.47. The van der Waals surface area contributed by atoms with Crippen LogP contribution in [0, 0.1) is 0 Å². The third-order valence-electron chi connectivity index (χ3n) is 3.88. The van der Waals surface area contributed by atoms with Gasteiger partial charge in [0.2, 0.25) is 0 Å². The second-order valence-corrected chi connectivity index (χ2v) is 5.74. The number of benzene rings is 1. The van der Waals surface area contributed by atoms with Gasteiger partial charge in [-0.25, -0.2) is 0 Å². The zero-order valence-electron chi connectivity index (χ0n) is 12.2. The van der Waals surface area contributed by atoms with E-state index in [2.05, 4.69) is 23.8 Å². The van der Waals surface area contributed by atoms with Gasteiger partial charge in [0.15, 0.2) is 5.78 Å². The molecule has 0 bridgehead atoms. The van der Waals surface area contributed by atoms with Crippen molar-refractivity contribution in [3.63, 3.8) is 0 Å². The number of halogens is 1. The molecule has 1 unspecified atom stereocenters. The highest BCUT2D eigenvalue weighted by atomic mass is 35.5. The Hall–Kier alpha value is -1.10. The standard InChI is InChI=1S/C15H21ClN2O2/c1-11-9-18(7-6-17(11)2)10-14(19)12-4-5-15(20-3)13(16)8-12/h4-5,8,11H,6-7,9-10H2,1-3H3. The predicted molar refractivity (Wildman–Crippen MR) is 80.9 cm³/mol. The zero-order chi connectivity index (χ0) is 14.7. The lowest BCUT2D eigenvalue weighted by atomic mass is 10.1. The maximum absolute atomic E-state index is 12.3. The van der Waals surface area contributed by atoms with Gasteiger partial charge in [-0.1, -0.05) is 11.6 Å². The molecule has 1 atom stereocenters. The van der Waals surface area contributed by atoms with Crippen LogP contribution in [-0.4, -0.2) is 62.0 Å². The van der Waals surface area contributed by atoms with E-state index in [4.69, 9.17) is 16.3 Å². The maximum atomic E-state index is 12.3. The first kappa shape index (κ1) is 15.3. The van der Waals surface area contributed by atoms with Crippen molar-refractivity contribution in [2.45, 2.75) is 13.0 Å². The summed E-state index contributed by atoms with van der Waals surface area (Å²) in [6.07, 6.45) is 0. The van der Waals surface area contributed by atoms with E-state index in [1.807, 2.05) is 0 Å². The lowest BCUT2D eigenvalue weighted by Gasteiger charge is -2.37. The number of Topliss-reactive ketones (excluding diaryl/α,β-unsaturated/α-hetero) is 1. The van der Waals surface area contributed by atoms with Gasteiger partial charge in [-0.15, -0.1) is 0 Å². The average molecular weight is 297 g/mol. The Morgan fingerprint density at radius 1 is 1.45 bits per heavy atom. The van der Waals surface area contributed by atoms with E-state index in [-0.39, 0.29) is 5.78 Å². The molecule has 20 heavy (non-hydrogen) atoms. The van der Waals surface area contributed by atoms with E-state index < -0.39 is 0 Å². The van der Waals surface area contributed by atoms with Gasteiger partial charge in [-0.3, -0.25) is 9.69 Å². The SMILES string of the molecule is COc1ccc(C(=O)CN2CCN(C)C(C)C2)cc1Cl. The average Bonchev–Trinajstić information content (AvgIpc) is 2.42. The van der Waals surface area contributed by atoms with Gasteiger partial charge in [0.1, 0.15) is 5.75 Å². The molecule has 1 aromatic carbocycles. The quantitative estimate of drug-likeness (QED) is 0.797. The Kier molecular flexibility index (Phi) is 5.02. The Labute approximate surface area is 125 Å². The summed E-state index contributed by atoms with van der Waals surface area (Å²) in [5.74, 6) is 0.697. The van der Waals surface area contributed by atoms with Crippen LogP contribution in [0.2, 0.25) is 5.02 Å². The summed E-state index contributed by atoms with van der Waals surface area (Å²) in [5.41, 5.74) is 0.641. The third kappa shape index (κ3) is 3.51. The Bertz CT molecular complexity index is 493. The highest BCUT2D eigenvalue weighted by molar-refractivity contribution is 6.32. The molecule has 1 saturated heterocycles. The fraction of sp³-hybridized carbons (Fsp3) is 0.533. The number of ketones is 1. The molecule has 4 nitrogen and oxygen atoms in total. The summed E-state index contributed by atoms with van der Waals surface area (Å²) in [5, 5.41) is 0.477. The van der Waals surface area contributed by atoms with Crippen LogP contribution in [0.5, 0.6) is 5.75 Å². The van der Waals surface area contributed by atoms with E-state index in [0.717, 1.165) is 19.6 Å². The minimum absolute atomic E-state index is 0.103. The largest absolute Gasteiger partial charge is 0.495 e. The Morgan fingerprint density at radius 2 is 2.20 bits per heavy atom. The number of hydrogen-bond acceptors (Lipinski definition) is 4. The van der Waals surface area contributed by atoms with Crippen molar-refractivity contribution in [2.75, 3.05) is 40.3 Å². The number of ether oxygens (including phenoxy) is 1. The lowest BCUT2D eigenvalue weighted by molar-refractivity contribution is 0.0786. The molecule has 0 aliphatic carbocycles. The molecule has 1 aromatic rings. The smallest absolute Gasteiger partial charge is 0.176 e. The molecule has 0 amide bonds. The topological polar surface area (TPSA) is 32.8 Å². The molecule has 0 spiro atoms. The van der Waals surface area contributed by atoms with E-state index in [9.17, 15) is 4.79 Å². The minimum atomic E-state index is 0.103. The summed E-state index contributed by atoms with van der Waals surface area (Å²) in [4.78, 5) is 16.8. The first-order valence-electron chi connectivity index (χ1n) is 6.80. The van der Waals surface area contributed by atoms with E-state index in [0.29, 0.717) is 28.9 Å². The van der Waals surface area contributed by atoms with Crippen molar-refractivity contribution >= 4 is 17.4 Å². The van der Waals surface area contributed by atoms with Crippen LogP contribution in [0.25, 0.3) is 0 Å². The fourth-order valence-electron chi connectivity index (χ4n) is 2.40. The van der Waals surface area contributed by atoms with Crippen LogP contribution in [0.3, 0.4) is 0 Å². The third-order valence-corrected chi connectivity index (χ3v) is 4.18. The van der Waals surface area contributed by atoms with Crippen molar-refractivity contribution in [1.29, 1.82) is 0 Å². The van der Waals surface area contributed by atoms with Crippen LogP contribution < -0.4 is 4.74 Å². The second-order valence-electron chi connectivity index (χ2n) is 5.34. The van der Waals surface area contributed by atoms with Gasteiger partial charge >= 0.3 is 0 Å². The molecule has 0 saturated carbocycles. The van der Waals surface area contributed by atoms with Gasteiger partial charge in [-0.05, 0) is 32.2 Å². The number of nitrogens with zero attached hydrogens (tertiary/aromatic N) is 2. The van der Waals surface area contributed by atoms with E-state index in [1.165, 1.54) is 0 Å². The molecule has 1 heterocycles. The fourth-order valence-corrected chi connectivity index (χ4v) is 2.66. The Balaban J connectivity index is 2.00. The number of carbonyl (C=O) groups excluding carboxylic acids is 1. The van der Waals surface area contributed by atoms with Gasteiger partial charge < -0.3 is 9.64 Å². The molecule has 1 fully saturated rings. The molecular formula is C15H21ClN2O2. The van der Waals surface area contributed by atoms with Crippen LogP contribution in [0.1, 0.15) is 17.3 Å². The molecule has 0 aromatic heterocycles.